The van der Waals surface area contributed by atoms with Crippen molar-refractivity contribution in [3.63, 3.8) is 0 Å². The van der Waals surface area contributed by atoms with E-state index in [0.29, 0.717) is 5.56 Å². The Balaban J connectivity index is 2.17. The maximum Gasteiger partial charge on any atom is 0.269 e. The average Bonchev–Trinajstić information content (AvgIpc) is 2.39. The van der Waals surface area contributed by atoms with Gasteiger partial charge in [0, 0.05) is 33.1 Å². The molecule has 20 heavy (non-hydrogen) atoms. The number of nitro groups is 1. The van der Waals surface area contributed by atoms with Crippen LogP contribution < -0.4 is 0 Å². The molecule has 0 unspecified atom stereocenters. The molecule has 0 bridgehead atoms. The number of nitrogens with zero attached hydrogens (tertiary/aromatic N) is 1. The fourth-order valence-electron chi connectivity index (χ4n) is 1.73. The van der Waals surface area contributed by atoms with Crippen molar-refractivity contribution in [3.05, 3.63) is 72.7 Å². The van der Waals surface area contributed by atoms with Gasteiger partial charge in [-0.3, -0.25) is 14.9 Å². The van der Waals surface area contributed by atoms with E-state index in [2.05, 4.69) is 31.9 Å². The largest absolute Gasteiger partial charge is 0.294 e. The van der Waals surface area contributed by atoms with E-state index in [9.17, 15) is 14.9 Å². The first-order valence-corrected chi connectivity index (χ1v) is 7.27. The number of benzene rings is 2. The maximum absolute atomic E-state index is 12.2. The van der Waals surface area contributed by atoms with Crippen molar-refractivity contribution in [2.75, 3.05) is 0 Å². The van der Waals surface area contributed by atoms with Crippen LogP contribution in [-0.4, -0.2) is 10.7 Å². The summed E-state index contributed by atoms with van der Waals surface area (Å²) in [6.07, 6.45) is 0.207. The number of carbonyl (C=O) groups excluding carboxylic acids is 1. The maximum atomic E-state index is 12.2. The minimum absolute atomic E-state index is 0.0195. The predicted octanol–water partition coefficient (Wildman–Crippen LogP) is 4.55. The van der Waals surface area contributed by atoms with Gasteiger partial charge in [0.25, 0.3) is 5.69 Å². The highest BCUT2D eigenvalue weighted by Gasteiger charge is 2.12. The molecule has 4 nitrogen and oxygen atoms in total. The lowest BCUT2D eigenvalue weighted by Crippen LogP contribution is -2.04. The molecule has 2 aromatic carbocycles. The quantitative estimate of drug-likeness (QED) is 0.431. The molecule has 0 aliphatic rings. The first-order chi connectivity index (χ1) is 9.47. The highest BCUT2D eigenvalue weighted by atomic mass is 79.9. The van der Waals surface area contributed by atoms with Crippen LogP contribution in [0.15, 0.2) is 51.4 Å². The van der Waals surface area contributed by atoms with E-state index in [1.165, 1.54) is 12.1 Å². The number of Topliss-reactive ketones (excluding diaryl/α,β-unsaturated/α-hetero) is 1. The molecule has 0 N–H and O–H groups in total. The SMILES string of the molecule is O=C(Cc1ccc([N+](=O)[O-])cc1)c1ccc(Br)cc1Br. The Bertz CT molecular complexity index is 669. The van der Waals surface area contributed by atoms with Gasteiger partial charge in [0.15, 0.2) is 5.78 Å². The Kier molecular flexibility index (Phi) is 4.67. The topological polar surface area (TPSA) is 60.2 Å². The van der Waals surface area contributed by atoms with Crippen LogP contribution in [0.2, 0.25) is 0 Å². The number of non-ortho nitro benzene ring substituents is 1. The van der Waals surface area contributed by atoms with Crippen LogP contribution >= 0.6 is 31.9 Å². The number of nitro benzene ring substituents is 1. The predicted molar refractivity (Wildman–Crippen MR) is 83.0 cm³/mol. The highest BCUT2D eigenvalue weighted by Crippen LogP contribution is 2.23. The summed E-state index contributed by atoms with van der Waals surface area (Å²) < 4.78 is 1.61. The van der Waals surface area contributed by atoms with Gasteiger partial charge in [0.1, 0.15) is 0 Å². The number of rotatable bonds is 4. The Morgan fingerprint density at radius 1 is 1.10 bits per heavy atom. The zero-order valence-corrected chi connectivity index (χ0v) is 13.3. The van der Waals surface area contributed by atoms with Crippen LogP contribution in [-0.2, 0) is 6.42 Å². The van der Waals surface area contributed by atoms with Crippen LogP contribution in [0.25, 0.3) is 0 Å². The minimum atomic E-state index is -0.461. The van der Waals surface area contributed by atoms with Gasteiger partial charge in [-0.2, -0.15) is 0 Å². The van der Waals surface area contributed by atoms with Gasteiger partial charge in [-0.05, 0) is 23.8 Å². The van der Waals surface area contributed by atoms with Gasteiger partial charge in [-0.1, -0.05) is 44.0 Å². The molecule has 0 fully saturated rings. The van der Waals surface area contributed by atoms with E-state index in [-0.39, 0.29) is 17.9 Å². The molecular weight excluding hydrogens is 390 g/mol. The van der Waals surface area contributed by atoms with E-state index in [1.54, 1.807) is 24.3 Å². The fourth-order valence-corrected chi connectivity index (χ4v) is 3.00. The number of carbonyl (C=O) groups is 1. The van der Waals surface area contributed by atoms with Crippen LogP contribution in [0.3, 0.4) is 0 Å². The Hall–Kier alpha value is -1.53. The van der Waals surface area contributed by atoms with E-state index < -0.39 is 4.92 Å². The van der Waals surface area contributed by atoms with Crippen molar-refractivity contribution < 1.29 is 9.72 Å². The molecule has 0 atom stereocenters. The van der Waals surface area contributed by atoms with Gasteiger partial charge < -0.3 is 0 Å². The number of hydrogen-bond donors (Lipinski definition) is 0. The first-order valence-electron chi connectivity index (χ1n) is 5.69. The van der Waals surface area contributed by atoms with Crippen molar-refractivity contribution in [3.8, 4) is 0 Å². The van der Waals surface area contributed by atoms with E-state index in [0.717, 1.165) is 14.5 Å². The number of hydrogen-bond acceptors (Lipinski definition) is 3. The van der Waals surface area contributed by atoms with Crippen molar-refractivity contribution in [1.82, 2.24) is 0 Å². The zero-order chi connectivity index (χ0) is 14.7. The zero-order valence-electron chi connectivity index (χ0n) is 10.2. The molecular formula is C14H9Br2NO3. The summed E-state index contributed by atoms with van der Waals surface area (Å²) in [5, 5.41) is 10.6. The van der Waals surface area contributed by atoms with Crippen LogP contribution in [0, 0.1) is 10.1 Å². The normalized spacial score (nSPS) is 10.3. The first kappa shape index (κ1) is 14.9. The second kappa shape index (κ2) is 6.28. The summed E-state index contributed by atoms with van der Waals surface area (Å²) in [7, 11) is 0. The monoisotopic (exact) mass is 397 g/mol. The molecule has 0 aliphatic heterocycles. The van der Waals surface area contributed by atoms with Gasteiger partial charge in [0.2, 0.25) is 0 Å². The smallest absolute Gasteiger partial charge is 0.269 e. The summed E-state index contributed by atoms with van der Waals surface area (Å²) in [6.45, 7) is 0. The molecule has 0 heterocycles. The molecule has 0 aromatic heterocycles. The third-order valence-electron chi connectivity index (χ3n) is 2.74. The molecule has 0 spiro atoms. The molecule has 0 radical (unpaired) electrons. The lowest BCUT2D eigenvalue weighted by Gasteiger charge is -2.04. The number of halogens is 2. The molecule has 2 aromatic rings. The second-order valence-electron chi connectivity index (χ2n) is 4.15. The van der Waals surface area contributed by atoms with E-state index in [4.69, 9.17) is 0 Å². The van der Waals surface area contributed by atoms with Crippen molar-refractivity contribution in [2.45, 2.75) is 6.42 Å². The molecule has 0 amide bonds. The van der Waals surface area contributed by atoms with E-state index >= 15 is 0 Å². The third-order valence-corrected chi connectivity index (χ3v) is 3.89. The van der Waals surface area contributed by atoms with Crippen molar-refractivity contribution >= 4 is 43.3 Å². The minimum Gasteiger partial charge on any atom is -0.294 e. The summed E-state index contributed by atoms with van der Waals surface area (Å²) in [6, 6.07) is 11.4. The third kappa shape index (κ3) is 3.52. The van der Waals surface area contributed by atoms with Crippen molar-refractivity contribution in [1.29, 1.82) is 0 Å². The van der Waals surface area contributed by atoms with Crippen LogP contribution in [0.5, 0.6) is 0 Å². The van der Waals surface area contributed by atoms with Gasteiger partial charge in [-0.15, -0.1) is 0 Å². The van der Waals surface area contributed by atoms with Gasteiger partial charge in [-0.25, -0.2) is 0 Å². The standard InChI is InChI=1S/C14H9Br2NO3/c15-10-3-6-12(13(16)8-10)14(18)7-9-1-4-11(5-2-9)17(19)20/h1-6,8H,7H2. The van der Waals surface area contributed by atoms with Gasteiger partial charge in [0.05, 0.1) is 4.92 Å². The second-order valence-corrected chi connectivity index (χ2v) is 5.92. The molecule has 2 rings (SSSR count). The summed E-state index contributed by atoms with van der Waals surface area (Å²) in [5.74, 6) is -0.0433. The highest BCUT2D eigenvalue weighted by molar-refractivity contribution is 9.11. The molecule has 6 heteroatoms. The summed E-state index contributed by atoms with van der Waals surface area (Å²) in [4.78, 5) is 22.3. The van der Waals surface area contributed by atoms with E-state index in [1.807, 2.05) is 6.07 Å². The Morgan fingerprint density at radius 3 is 2.30 bits per heavy atom. The molecule has 102 valence electrons. The summed E-state index contributed by atoms with van der Waals surface area (Å²) >= 11 is 6.68. The molecule has 0 saturated heterocycles. The number of ketones is 1. The van der Waals surface area contributed by atoms with Crippen LogP contribution in [0.1, 0.15) is 15.9 Å². The Morgan fingerprint density at radius 2 is 1.75 bits per heavy atom. The van der Waals surface area contributed by atoms with Crippen molar-refractivity contribution in [2.24, 2.45) is 0 Å². The van der Waals surface area contributed by atoms with Gasteiger partial charge >= 0.3 is 0 Å². The molecule has 0 saturated carbocycles. The summed E-state index contributed by atoms with van der Waals surface area (Å²) in [5.41, 5.74) is 1.35. The Labute approximate surface area is 132 Å². The van der Waals surface area contributed by atoms with Crippen LogP contribution in [0.4, 0.5) is 5.69 Å². The lowest BCUT2D eigenvalue weighted by atomic mass is 10.0. The molecule has 0 aliphatic carbocycles. The fraction of sp³-hybridized carbons (Fsp3) is 0.0714. The lowest BCUT2D eigenvalue weighted by molar-refractivity contribution is -0.384. The average molecular weight is 399 g/mol.